The van der Waals surface area contributed by atoms with Crippen LogP contribution >= 0.6 is 11.8 Å². The maximum atomic E-state index is 2.42. The van der Waals surface area contributed by atoms with Gasteiger partial charge in [-0.05, 0) is 29.7 Å². The van der Waals surface area contributed by atoms with E-state index in [2.05, 4.69) is 48.0 Å². The molecule has 1 nitrogen and oxygen atoms in total. The van der Waals surface area contributed by atoms with Gasteiger partial charge in [-0.3, -0.25) is 0 Å². The lowest BCUT2D eigenvalue weighted by Gasteiger charge is -2.17. The molecular formula is C16H15NS. The normalized spacial score (nSPS) is 16.1. The molecule has 0 unspecified atom stereocenters. The number of hydrogen-bond donors (Lipinski definition) is 0. The molecule has 2 heteroatoms. The zero-order valence-electron chi connectivity index (χ0n) is 10.4. The summed E-state index contributed by atoms with van der Waals surface area (Å²) in [6, 6.07) is 8.78. The van der Waals surface area contributed by atoms with Gasteiger partial charge in [0, 0.05) is 28.6 Å². The minimum Gasteiger partial charge on any atom is -0.344 e. The first-order valence-corrected chi connectivity index (χ1v) is 7.45. The summed E-state index contributed by atoms with van der Waals surface area (Å²) in [5.74, 6) is 1.11. The Kier molecular flexibility index (Phi) is 2.21. The van der Waals surface area contributed by atoms with Crippen molar-refractivity contribution in [3.63, 3.8) is 0 Å². The van der Waals surface area contributed by atoms with Crippen molar-refractivity contribution >= 4 is 23.9 Å². The van der Waals surface area contributed by atoms with Gasteiger partial charge in [-0.25, -0.2) is 0 Å². The van der Waals surface area contributed by atoms with Crippen LogP contribution in [0.4, 0.5) is 0 Å². The molecule has 0 atom stereocenters. The Hall–Kier alpha value is -1.41. The molecule has 0 saturated carbocycles. The van der Waals surface area contributed by atoms with Gasteiger partial charge in [-0.1, -0.05) is 30.4 Å². The van der Waals surface area contributed by atoms with Gasteiger partial charge >= 0.3 is 0 Å². The third kappa shape index (κ3) is 1.30. The summed E-state index contributed by atoms with van der Waals surface area (Å²) in [7, 11) is 2.21. The fourth-order valence-electron chi connectivity index (χ4n) is 3.14. The van der Waals surface area contributed by atoms with Crippen LogP contribution in [0.25, 0.3) is 23.4 Å². The largest absolute Gasteiger partial charge is 0.344 e. The van der Waals surface area contributed by atoms with Gasteiger partial charge in [0.1, 0.15) is 0 Å². The van der Waals surface area contributed by atoms with Crippen LogP contribution in [-0.4, -0.2) is 4.57 Å². The standard InChI is InChI=1S/C16H15NS/c1-17-14-8-4-2-6-11(14)13-10-18-15-9-5-3-7-12(15)16(13)17/h3,5-9H,2,4,10H2,1H3. The van der Waals surface area contributed by atoms with E-state index in [4.69, 9.17) is 0 Å². The van der Waals surface area contributed by atoms with Crippen LogP contribution in [-0.2, 0) is 12.8 Å². The second-order valence-corrected chi connectivity index (χ2v) is 5.97. The molecule has 0 amide bonds. The molecule has 0 spiro atoms. The summed E-state index contributed by atoms with van der Waals surface area (Å²) in [5.41, 5.74) is 4.37. The van der Waals surface area contributed by atoms with Gasteiger partial charge < -0.3 is 4.57 Å². The van der Waals surface area contributed by atoms with E-state index in [1.54, 1.807) is 0 Å². The number of fused-ring (bicyclic) bond motifs is 5. The lowest BCUT2D eigenvalue weighted by molar-refractivity contribution is 0.881. The lowest BCUT2D eigenvalue weighted by Crippen LogP contribution is -2.30. The van der Waals surface area contributed by atoms with Crippen LogP contribution in [0, 0.1) is 0 Å². The van der Waals surface area contributed by atoms with Gasteiger partial charge in [0.2, 0.25) is 0 Å². The smallest absolute Gasteiger partial charge is 0.0540 e. The number of nitrogens with zero attached hydrogens (tertiary/aromatic N) is 1. The summed E-state index contributed by atoms with van der Waals surface area (Å²) in [4.78, 5) is 1.42. The predicted octanol–water partition coefficient (Wildman–Crippen LogP) is 2.65. The fourth-order valence-corrected chi connectivity index (χ4v) is 4.22. The maximum absolute atomic E-state index is 2.42. The fraction of sp³-hybridized carbons (Fsp3) is 0.250. The molecule has 0 radical (unpaired) electrons. The van der Waals surface area contributed by atoms with Gasteiger partial charge in [-0.15, -0.1) is 11.8 Å². The molecule has 1 aliphatic heterocycles. The summed E-state index contributed by atoms with van der Waals surface area (Å²) in [5, 5.41) is 2.91. The summed E-state index contributed by atoms with van der Waals surface area (Å²) in [6.45, 7) is 0. The topological polar surface area (TPSA) is 4.93 Å². The predicted molar refractivity (Wildman–Crippen MR) is 77.8 cm³/mol. The second-order valence-electron chi connectivity index (χ2n) is 4.96. The van der Waals surface area contributed by atoms with Crippen molar-refractivity contribution in [1.82, 2.24) is 4.57 Å². The number of benzene rings is 1. The molecule has 1 aliphatic carbocycles. The average Bonchev–Trinajstić information content (AvgIpc) is 2.73. The molecule has 18 heavy (non-hydrogen) atoms. The number of hydrogen-bond acceptors (Lipinski definition) is 1. The van der Waals surface area contributed by atoms with Crippen molar-refractivity contribution in [2.24, 2.45) is 7.05 Å². The highest BCUT2D eigenvalue weighted by molar-refractivity contribution is 7.98. The number of rotatable bonds is 0. The van der Waals surface area contributed by atoms with Crippen molar-refractivity contribution in [2.45, 2.75) is 23.5 Å². The van der Waals surface area contributed by atoms with Crippen LogP contribution in [0.5, 0.6) is 0 Å². The van der Waals surface area contributed by atoms with Gasteiger partial charge in [0.15, 0.2) is 0 Å². The van der Waals surface area contributed by atoms with E-state index in [9.17, 15) is 0 Å². The summed E-state index contributed by atoms with van der Waals surface area (Å²) in [6.07, 6.45) is 7.18. The van der Waals surface area contributed by atoms with Gasteiger partial charge in [-0.2, -0.15) is 0 Å². The van der Waals surface area contributed by atoms with E-state index in [1.807, 2.05) is 11.8 Å². The zero-order chi connectivity index (χ0) is 12.1. The molecule has 4 rings (SSSR count). The van der Waals surface area contributed by atoms with Crippen molar-refractivity contribution < 1.29 is 0 Å². The molecule has 0 bridgehead atoms. The van der Waals surface area contributed by atoms with Gasteiger partial charge in [0.25, 0.3) is 0 Å². The average molecular weight is 253 g/mol. The van der Waals surface area contributed by atoms with Crippen LogP contribution in [0.3, 0.4) is 0 Å². The minimum atomic E-state index is 1.11. The van der Waals surface area contributed by atoms with E-state index >= 15 is 0 Å². The van der Waals surface area contributed by atoms with E-state index in [0.29, 0.717) is 0 Å². The third-order valence-corrected chi connectivity index (χ3v) is 5.05. The summed E-state index contributed by atoms with van der Waals surface area (Å²) >= 11 is 1.97. The van der Waals surface area contributed by atoms with Crippen LogP contribution < -0.4 is 10.6 Å². The first-order chi connectivity index (χ1) is 8.86. The molecule has 2 heterocycles. The first-order valence-electron chi connectivity index (χ1n) is 6.46. The highest BCUT2D eigenvalue weighted by atomic mass is 32.2. The zero-order valence-corrected chi connectivity index (χ0v) is 11.3. The van der Waals surface area contributed by atoms with Crippen LogP contribution in [0.2, 0.25) is 0 Å². The maximum Gasteiger partial charge on any atom is 0.0540 e. The van der Waals surface area contributed by atoms with Crippen LogP contribution in [0.1, 0.15) is 18.4 Å². The molecule has 2 aliphatic rings. The number of thioether (sulfide) groups is 1. The van der Waals surface area contributed by atoms with E-state index in [-0.39, 0.29) is 0 Å². The lowest BCUT2D eigenvalue weighted by atomic mass is 10.1. The molecule has 0 fully saturated rings. The van der Waals surface area contributed by atoms with E-state index < -0.39 is 0 Å². The molecule has 90 valence electrons. The molecular weight excluding hydrogens is 238 g/mol. The van der Waals surface area contributed by atoms with Crippen molar-refractivity contribution in [3.8, 4) is 11.3 Å². The van der Waals surface area contributed by atoms with E-state index in [1.165, 1.54) is 45.1 Å². The van der Waals surface area contributed by atoms with Crippen LogP contribution in [0.15, 0.2) is 29.2 Å². The van der Waals surface area contributed by atoms with E-state index in [0.717, 1.165) is 5.75 Å². The minimum absolute atomic E-state index is 1.11. The Morgan fingerprint density at radius 1 is 1.11 bits per heavy atom. The Labute approximate surface area is 111 Å². The summed E-state index contributed by atoms with van der Waals surface area (Å²) < 4.78 is 2.39. The Balaban J connectivity index is 2.16. The molecule has 1 aromatic heterocycles. The Bertz CT molecular complexity index is 752. The van der Waals surface area contributed by atoms with Gasteiger partial charge in [0.05, 0.1) is 5.69 Å². The third-order valence-electron chi connectivity index (χ3n) is 3.95. The SMILES string of the molecule is Cn1c2c(c3c1=CCCC=3)CSc1ccccc1-2. The molecule has 0 saturated heterocycles. The first kappa shape index (κ1) is 10.5. The highest BCUT2D eigenvalue weighted by Crippen LogP contribution is 2.39. The molecule has 0 N–H and O–H groups in total. The monoisotopic (exact) mass is 253 g/mol. The van der Waals surface area contributed by atoms with Crippen molar-refractivity contribution in [1.29, 1.82) is 0 Å². The molecule has 2 aromatic rings. The quantitative estimate of drug-likeness (QED) is 0.699. The van der Waals surface area contributed by atoms with Crippen molar-refractivity contribution in [2.75, 3.05) is 0 Å². The number of aromatic nitrogens is 1. The Morgan fingerprint density at radius 3 is 2.89 bits per heavy atom. The van der Waals surface area contributed by atoms with Crippen molar-refractivity contribution in [3.05, 3.63) is 40.4 Å². The molecule has 1 aromatic carbocycles. The Morgan fingerprint density at radius 2 is 1.94 bits per heavy atom. The second kappa shape index (κ2) is 3.79. The highest BCUT2D eigenvalue weighted by Gasteiger charge is 2.22.